The maximum Gasteiger partial charge on any atom is 0.119 e. The summed E-state index contributed by atoms with van der Waals surface area (Å²) in [6, 6.07) is 9.30. The summed E-state index contributed by atoms with van der Waals surface area (Å²) in [6.07, 6.45) is 3.69. The fourth-order valence-electron chi connectivity index (χ4n) is 3.94. The maximum atomic E-state index is 5.64. The van der Waals surface area contributed by atoms with Gasteiger partial charge in [0.1, 0.15) is 12.4 Å². The van der Waals surface area contributed by atoms with E-state index in [9.17, 15) is 0 Å². The molecule has 1 aromatic rings. The second kappa shape index (κ2) is 7.28. The lowest BCUT2D eigenvalue weighted by molar-refractivity contribution is 0.0245. The van der Waals surface area contributed by atoms with Gasteiger partial charge in [-0.2, -0.15) is 0 Å². The third kappa shape index (κ3) is 3.09. The van der Waals surface area contributed by atoms with Gasteiger partial charge in [0.2, 0.25) is 0 Å². The molecule has 3 nitrogen and oxygen atoms in total. The number of ether oxygens (including phenoxy) is 2. The number of rotatable bonds is 8. The molecule has 0 aliphatic heterocycles. The minimum atomic E-state index is 0.410. The average Bonchev–Trinajstić information content (AvgIpc) is 2.50. The highest BCUT2D eigenvalue weighted by Gasteiger charge is 2.52. The molecule has 2 unspecified atom stereocenters. The molecule has 3 heteroatoms. The molecule has 1 aliphatic carbocycles. The number of benzene rings is 1. The number of nitrogens with one attached hydrogen (secondary N) is 1. The van der Waals surface area contributed by atoms with Gasteiger partial charge < -0.3 is 14.8 Å². The Bertz CT molecular complexity index is 425. The minimum Gasteiger partial charge on any atom is -0.491 e. The summed E-state index contributed by atoms with van der Waals surface area (Å²) in [6.45, 7) is 5.88. The third-order valence-electron chi connectivity index (χ3n) is 5.36. The first-order valence-electron chi connectivity index (χ1n) is 8.10. The Morgan fingerprint density at radius 1 is 1.14 bits per heavy atom. The van der Waals surface area contributed by atoms with Crippen LogP contribution in [0, 0.1) is 5.41 Å². The second-order valence-electron chi connectivity index (χ2n) is 5.98. The highest BCUT2D eigenvalue weighted by Crippen LogP contribution is 2.57. The van der Waals surface area contributed by atoms with Gasteiger partial charge in [0.05, 0.1) is 6.61 Å². The molecule has 21 heavy (non-hydrogen) atoms. The number of hydrogen-bond donors (Lipinski definition) is 1. The zero-order valence-corrected chi connectivity index (χ0v) is 13.8. The molecule has 1 aromatic carbocycles. The molecule has 118 valence electrons. The molecule has 0 radical (unpaired) electrons. The van der Waals surface area contributed by atoms with E-state index in [0.29, 0.717) is 30.6 Å². The molecule has 0 spiro atoms. The highest BCUT2D eigenvalue weighted by molar-refractivity contribution is 5.33. The van der Waals surface area contributed by atoms with E-state index in [2.05, 4.69) is 50.5 Å². The second-order valence-corrected chi connectivity index (χ2v) is 5.98. The van der Waals surface area contributed by atoms with Gasteiger partial charge in [-0.1, -0.05) is 26.0 Å². The fourth-order valence-corrected chi connectivity index (χ4v) is 3.94. The molecule has 0 bridgehead atoms. The third-order valence-corrected chi connectivity index (χ3v) is 5.36. The fraction of sp³-hybridized carbons (Fsp3) is 0.667. The van der Waals surface area contributed by atoms with E-state index in [1.165, 1.54) is 24.8 Å². The standard InChI is InChI=1S/C18H29NO2/c1-5-18(6-2)16(13-17(18)19-3)14-7-9-15(10-8-14)21-12-11-20-4/h7-10,16-17,19H,5-6,11-13H2,1-4H3. The summed E-state index contributed by atoms with van der Waals surface area (Å²) in [4.78, 5) is 0. The topological polar surface area (TPSA) is 30.5 Å². The predicted molar refractivity (Wildman–Crippen MR) is 87.0 cm³/mol. The predicted octanol–water partition coefficient (Wildman–Crippen LogP) is 3.59. The van der Waals surface area contributed by atoms with Crippen LogP contribution in [-0.4, -0.2) is 33.4 Å². The minimum absolute atomic E-state index is 0.410. The quantitative estimate of drug-likeness (QED) is 0.742. The van der Waals surface area contributed by atoms with E-state index in [-0.39, 0.29) is 0 Å². The summed E-state index contributed by atoms with van der Waals surface area (Å²) in [5.74, 6) is 1.59. The molecule has 1 fully saturated rings. The van der Waals surface area contributed by atoms with Gasteiger partial charge in [0.25, 0.3) is 0 Å². The Morgan fingerprint density at radius 3 is 2.33 bits per heavy atom. The summed E-state index contributed by atoms with van der Waals surface area (Å²) in [7, 11) is 3.78. The van der Waals surface area contributed by atoms with Crippen LogP contribution >= 0.6 is 0 Å². The number of methoxy groups -OCH3 is 1. The van der Waals surface area contributed by atoms with Crippen LogP contribution < -0.4 is 10.1 Å². The van der Waals surface area contributed by atoms with Crippen molar-refractivity contribution in [3.63, 3.8) is 0 Å². The average molecular weight is 291 g/mol. The Kier molecular flexibility index (Phi) is 5.65. The molecule has 0 amide bonds. The summed E-state index contributed by atoms with van der Waals surface area (Å²) >= 11 is 0. The zero-order valence-electron chi connectivity index (χ0n) is 13.8. The van der Waals surface area contributed by atoms with Crippen molar-refractivity contribution in [3.8, 4) is 5.75 Å². The SMILES string of the molecule is CCC1(CC)C(NC)CC1c1ccc(OCCOC)cc1. The molecule has 1 saturated carbocycles. The van der Waals surface area contributed by atoms with E-state index in [4.69, 9.17) is 9.47 Å². The van der Waals surface area contributed by atoms with Crippen molar-refractivity contribution in [3.05, 3.63) is 29.8 Å². The maximum absolute atomic E-state index is 5.64. The van der Waals surface area contributed by atoms with E-state index >= 15 is 0 Å². The van der Waals surface area contributed by atoms with Crippen LogP contribution in [0.3, 0.4) is 0 Å². The molecule has 2 rings (SSSR count). The highest BCUT2D eigenvalue weighted by atomic mass is 16.5. The van der Waals surface area contributed by atoms with Gasteiger partial charge in [-0.25, -0.2) is 0 Å². The summed E-state index contributed by atoms with van der Waals surface area (Å²) < 4.78 is 10.6. The zero-order chi connectivity index (χ0) is 15.3. The molecule has 0 saturated heterocycles. The van der Waals surface area contributed by atoms with Gasteiger partial charge in [-0.05, 0) is 55.3 Å². The first kappa shape index (κ1) is 16.3. The van der Waals surface area contributed by atoms with Crippen molar-refractivity contribution in [1.29, 1.82) is 0 Å². The van der Waals surface area contributed by atoms with E-state index < -0.39 is 0 Å². The van der Waals surface area contributed by atoms with Gasteiger partial charge in [-0.3, -0.25) is 0 Å². The summed E-state index contributed by atoms with van der Waals surface area (Å²) in [5.41, 5.74) is 1.86. The van der Waals surface area contributed by atoms with Crippen LogP contribution in [0.4, 0.5) is 0 Å². The van der Waals surface area contributed by atoms with Gasteiger partial charge >= 0.3 is 0 Å². The van der Waals surface area contributed by atoms with Crippen molar-refractivity contribution in [2.24, 2.45) is 5.41 Å². The lowest BCUT2D eigenvalue weighted by Crippen LogP contribution is -2.57. The van der Waals surface area contributed by atoms with E-state index in [0.717, 1.165) is 5.75 Å². The molecular formula is C18H29NO2. The van der Waals surface area contributed by atoms with Crippen LogP contribution in [0.15, 0.2) is 24.3 Å². The van der Waals surface area contributed by atoms with E-state index in [1.54, 1.807) is 7.11 Å². The van der Waals surface area contributed by atoms with Crippen LogP contribution in [0.1, 0.15) is 44.6 Å². The van der Waals surface area contributed by atoms with Gasteiger partial charge in [0.15, 0.2) is 0 Å². The Labute approximate surface area is 129 Å². The van der Waals surface area contributed by atoms with Gasteiger partial charge in [-0.15, -0.1) is 0 Å². The lowest BCUT2D eigenvalue weighted by atomic mass is 9.52. The first-order valence-corrected chi connectivity index (χ1v) is 8.10. The normalized spacial score (nSPS) is 23.6. The molecule has 1 aliphatic rings. The molecule has 0 heterocycles. The van der Waals surface area contributed by atoms with Crippen molar-refractivity contribution in [2.75, 3.05) is 27.4 Å². The van der Waals surface area contributed by atoms with Crippen LogP contribution in [0.5, 0.6) is 5.75 Å². The van der Waals surface area contributed by atoms with Crippen molar-refractivity contribution < 1.29 is 9.47 Å². The number of hydrogen-bond acceptors (Lipinski definition) is 3. The Morgan fingerprint density at radius 2 is 1.81 bits per heavy atom. The summed E-state index contributed by atoms with van der Waals surface area (Å²) in [5, 5.41) is 3.50. The smallest absolute Gasteiger partial charge is 0.119 e. The van der Waals surface area contributed by atoms with Crippen LogP contribution in [0.2, 0.25) is 0 Å². The Balaban J connectivity index is 2.05. The van der Waals surface area contributed by atoms with E-state index in [1.807, 2.05) is 0 Å². The van der Waals surface area contributed by atoms with Crippen LogP contribution in [0.25, 0.3) is 0 Å². The van der Waals surface area contributed by atoms with Crippen molar-refractivity contribution in [1.82, 2.24) is 5.32 Å². The van der Waals surface area contributed by atoms with Crippen molar-refractivity contribution >= 4 is 0 Å². The first-order chi connectivity index (χ1) is 10.2. The molecular weight excluding hydrogens is 262 g/mol. The molecule has 2 atom stereocenters. The lowest BCUT2D eigenvalue weighted by Gasteiger charge is -2.56. The Hall–Kier alpha value is -1.06. The largest absolute Gasteiger partial charge is 0.491 e. The van der Waals surface area contributed by atoms with Gasteiger partial charge in [0, 0.05) is 13.2 Å². The van der Waals surface area contributed by atoms with Crippen LogP contribution in [-0.2, 0) is 4.74 Å². The monoisotopic (exact) mass is 291 g/mol. The van der Waals surface area contributed by atoms with Crippen molar-refractivity contribution in [2.45, 2.75) is 45.1 Å². The molecule has 1 N–H and O–H groups in total. The molecule has 0 aromatic heterocycles.